The minimum atomic E-state index is -0.237. The Bertz CT molecular complexity index is 538. The highest BCUT2D eigenvalue weighted by Crippen LogP contribution is 2.21. The van der Waals surface area contributed by atoms with Crippen molar-refractivity contribution in [1.29, 1.82) is 0 Å². The van der Waals surface area contributed by atoms with E-state index in [2.05, 4.69) is 17.2 Å². The lowest BCUT2D eigenvalue weighted by Crippen LogP contribution is -2.21. The van der Waals surface area contributed by atoms with Crippen LogP contribution in [-0.4, -0.2) is 17.6 Å². The van der Waals surface area contributed by atoms with Gasteiger partial charge in [-0.3, -0.25) is 10.1 Å². The molecule has 1 aromatic carbocycles. The third-order valence-corrected chi connectivity index (χ3v) is 2.50. The molecule has 0 spiro atoms. The molecule has 1 aliphatic rings. The van der Waals surface area contributed by atoms with Gasteiger partial charge in [0.1, 0.15) is 18.1 Å². The van der Waals surface area contributed by atoms with Crippen molar-refractivity contribution in [2.75, 3.05) is 6.61 Å². The van der Waals surface area contributed by atoms with Crippen LogP contribution in [0.5, 0.6) is 5.75 Å². The maximum absolute atomic E-state index is 11.5. The number of thiocarbonyl (C=S) groups is 1. The molecule has 1 aromatic rings. The Kier molecular flexibility index (Phi) is 3.74. The number of para-hydroxylation sites is 1. The van der Waals surface area contributed by atoms with Gasteiger partial charge < -0.3 is 10.1 Å². The Balaban J connectivity index is 2.28. The summed E-state index contributed by atoms with van der Waals surface area (Å²) in [6.45, 7) is 4.01. The molecule has 4 nitrogen and oxygen atoms in total. The molecule has 1 heterocycles. The predicted octanol–water partition coefficient (Wildman–Crippen LogP) is 1.60. The Hall–Kier alpha value is -2.14. The first-order chi connectivity index (χ1) is 8.70. The summed E-state index contributed by atoms with van der Waals surface area (Å²) < 4.78 is 5.50. The molecule has 0 atom stereocenters. The van der Waals surface area contributed by atoms with E-state index >= 15 is 0 Å². The molecule has 0 bridgehead atoms. The average molecular weight is 260 g/mol. The van der Waals surface area contributed by atoms with E-state index in [1.165, 1.54) is 0 Å². The van der Waals surface area contributed by atoms with Crippen molar-refractivity contribution in [2.24, 2.45) is 0 Å². The van der Waals surface area contributed by atoms with Crippen molar-refractivity contribution < 1.29 is 9.53 Å². The normalized spacial score (nSPS) is 16.3. The molecule has 0 unspecified atom stereocenters. The molecule has 2 rings (SSSR count). The van der Waals surface area contributed by atoms with Crippen LogP contribution in [0.3, 0.4) is 0 Å². The van der Waals surface area contributed by atoms with Crippen molar-refractivity contribution in [3.8, 4) is 5.75 Å². The molecule has 2 N–H and O–H groups in total. The zero-order valence-electron chi connectivity index (χ0n) is 9.60. The van der Waals surface area contributed by atoms with Crippen molar-refractivity contribution in [2.45, 2.75) is 0 Å². The van der Waals surface area contributed by atoms with Gasteiger partial charge in [0.05, 0.1) is 0 Å². The van der Waals surface area contributed by atoms with E-state index in [-0.39, 0.29) is 5.91 Å². The molecule has 5 heteroatoms. The van der Waals surface area contributed by atoms with Gasteiger partial charge in [0.25, 0.3) is 5.91 Å². The largest absolute Gasteiger partial charge is 0.489 e. The second-order valence-electron chi connectivity index (χ2n) is 3.60. The van der Waals surface area contributed by atoms with Gasteiger partial charge in [-0.2, -0.15) is 0 Å². The van der Waals surface area contributed by atoms with Gasteiger partial charge in [0.2, 0.25) is 0 Å². The van der Waals surface area contributed by atoms with E-state index in [1.807, 2.05) is 24.3 Å². The summed E-state index contributed by atoms with van der Waals surface area (Å²) in [4.78, 5) is 11.5. The fourth-order valence-electron chi connectivity index (χ4n) is 1.52. The highest BCUT2D eigenvalue weighted by molar-refractivity contribution is 7.80. The second-order valence-corrected chi connectivity index (χ2v) is 4.01. The van der Waals surface area contributed by atoms with E-state index in [4.69, 9.17) is 17.0 Å². The van der Waals surface area contributed by atoms with Gasteiger partial charge in [-0.05, 0) is 24.4 Å². The van der Waals surface area contributed by atoms with Gasteiger partial charge >= 0.3 is 0 Å². The molecule has 0 radical (unpaired) electrons. The number of amides is 1. The van der Waals surface area contributed by atoms with Crippen LogP contribution in [0.4, 0.5) is 0 Å². The minimum absolute atomic E-state index is 0.237. The van der Waals surface area contributed by atoms with Crippen LogP contribution in [0, 0.1) is 0 Å². The van der Waals surface area contributed by atoms with Crippen molar-refractivity contribution in [3.63, 3.8) is 0 Å². The fraction of sp³-hybridized carbons (Fsp3) is 0.0769. The molecule has 18 heavy (non-hydrogen) atoms. The Morgan fingerprint density at radius 1 is 1.33 bits per heavy atom. The number of ether oxygens (including phenoxy) is 1. The van der Waals surface area contributed by atoms with Gasteiger partial charge in [-0.1, -0.05) is 30.9 Å². The van der Waals surface area contributed by atoms with Crippen molar-refractivity contribution >= 4 is 29.3 Å². The van der Waals surface area contributed by atoms with Gasteiger partial charge in [0.15, 0.2) is 5.11 Å². The monoisotopic (exact) mass is 260 g/mol. The molecular weight excluding hydrogens is 248 g/mol. The van der Waals surface area contributed by atoms with Crippen LogP contribution in [-0.2, 0) is 4.79 Å². The summed E-state index contributed by atoms with van der Waals surface area (Å²) in [5.41, 5.74) is 1.22. The second kappa shape index (κ2) is 5.46. The smallest absolute Gasteiger partial charge is 0.273 e. The number of hydrogen-bond donors (Lipinski definition) is 2. The van der Waals surface area contributed by atoms with E-state index in [0.717, 1.165) is 5.56 Å². The van der Waals surface area contributed by atoms with Crippen molar-refractivity contribution in [1.82, 2.24) is 10.6 Å². The van der Waals surface area contributed by atoms with E-state index in [9.17, 15) is 4.79 Å². The number of benzene rings is 1. The molecule has 0 saturated carbocycles. The Morgan fingerprint density at radius 2 is 2.11 bits per heavy atom. The van der Waals surface area contributed by atoms with E-state index in [0.29, 0.717) is 23.2 Å². The van der Waals surface area contributed by atoms with Gasteiger partial charge in [-0.25, -0.2) is 0 Å². The molecule has 0 aromatic heterocycles. The van der Waals surface area contributed by atoms with Crippen LogP contribution in [0.2, 0.25) is 0 Å². The van der Waals surface area contributed by atoms with E-state index < -0.39 is 0 Å². The molecule has 1 aliphatic heterocycles. The minimum Gasteiger partial charge on any atom is -0.489 e. The quantitative estimate of drug-likeness (QED) is 0.490. The lowest BCUT2D eigenvalue weighted by atomic mass is 10.1. The molecule has 1 fully saturated rings. The van der Waals surface area contributed by atoms with Crippen LogP contribution in [0.25, 0.3) is 6.08 Å². The number of carbonyl (C=O) groups is 1. The molecule has 1 amide bonds. The molecule has 1 saturated heterocycles. The first kappa shape index (κ1) is 12.3. The number of carbonyl (C=O) groups excluding carboxylic acids is 1. The SMILES string of the molecule is C=CCOc1ccccc1C=C1NC(=S)NC1=O. The number of nitrogens with one attached hydrogen (secondary N) is 2. The lowest BCUT2D eigenvalue weighted by molar-refractivity contribution is -0.115. The standard InChI is InChI=1S/C13H12N2O2S/c1-2-7-17-11-6-4-3-5-9(11)8-10-12(16)15-13(18)14-10/h2-6,8H,1,7H2,(H2,14,15,16,18). The van der Waals surface area contributed by atoms with Crippen LogP contribution in [0.1, 0.15) is 5.56 Å². The van der Waals surface area contributed by atoms with Crippen LogP contribution in [0.15, 0.2) is 42.6 Å². The topological polar surface area (TPSA) is 50.4 Å². The third-order valence-electron chi connectivity index (χ3n) is 2.30. The van der Waals surface area contributed by atoms with Crippen LogP contribution >= 0.6 is 12.2 Å². The average Bonchev–Trinajstić information content (AvgIpc) is 2.67. The first-order valence-corrected chi connectivity index (χ1v) is 5.78. The van der Waals surface area contributed by atoms with Gasteiger partial charge in [-0.15, -0.1) is 0 Å². The summed E-state index contributed by atoms with van der Waals surface area (Å²) in [6.07, 6.45) is 3.37. The van der Waals surface area contributed by atoms with Crippen molar-refractivity contribution in [3.05, 3.63) is 48.2 Å². The van der Waals surface area contributed by atoms with Gasteiger partial charge in [0, 0.05) is 5.56 Å². The Labute approximate surface area is 110 Å². The summed E-state index contributed by atoms with van der Waals surface area (Å²) >= 11 is 4.86. The maximum atomic E-state index is 11.5. The third kappa shape index (κ3) is 2.75. The zero-order chi connectivity index (χ0) is 13.0. The Morgan fingerprint density at radius 3 is 2.78 bits per heavy atom. The fourth-order valence-corrected chi connectivity index (χ4v) is 1.72. The molecular formula is C13H12N2O2S. The van der Waals surface area contributed by atoms with Crippen LogP contribution < -0.4 is 15.4 Å². The summed E-state index contributed by atoms with van der Waals surface area (Å²) in [5.74, 6) is 0.454. The number of hydrogen-bond acceptors (Lipinski definition) is 3. The number of rotatable bonds is 4. The first-order valence-electron chi connectivity index (χ1n) is 5.37. The van der Waals surface area contributed by atoms with E-state index in [1.54, 1.807) is 12.2 Å². The summed E-state index contributed by atoms with van der Waals surface area (Å²) in [6, 6.07) is 7.44. The highest BCUT2D eigenvalue weighted by atomic mass is 32.1. The lowest BCUT2D eigenvalue weighted by Gasteiger charge is -2.07. The predicted molar refractivity (Wildman–Crippen MR) is 74.0 cm³/mol. The zero-order valence-corrected chi connectivity index (χ0v) is 10.4. The summed E-state index contributed by atoms with van der Waals surface area (Å²) in [7, 11) is 0. The maximum Gasteiger partial charge on any atom is 0.273 e. The molecule has 92 valence electrons. The summed E-state index contributed by atoms with van der Waals surface area (Å²) in [5, 5.41) is 5.61. The molecule has 0 aliphatic carbocycles. The highest BCUT2D eigenvalue weighted by Gasteiger charge is 2.20.